The monoisotopic (exact) mass is 466 g/mol. The Morgan fingerprint density at radius 3 is 1.97 bits per heavy atom. The molecule has 10 heteroatoms. The molecule has 0 unspecified atom stereocenters. The third kappa shape index (κ3) is 6.24. The van der Waals surface area contributed by atoms with Crippen LogP contribution in [0.3, 0.4) is 0 Å². The van der Waals surface area contributed by atoms with E-state index < -0.39 is 17.8 Å². The van der Waals surface area contributed by atoms with Crippen LogP contribution in [-0.4, -0.2) is 44.9 Å². The van der Waals surface area contributed by atoms with Crippen LogP contribution in [0.15, 0.2) is 60.7 Å². The number of hydrogen-bond donors (Lipinski definition) is 6. The average Bonchev–Trinajstić information content (AvgIpc) is 2.81. The first-order valence-corrected chi connectivity index (χ1v) is 10.1. The average molecular weight is 466 g/mol. The summed E-state index contributed by atoms with van der Waals surface area (Å²) in [4.78, 5) is 40.2. The van der Waals surface area contributed by atoms with Crippen LogP contribution in [0.5, 0.6) is 11.5 Å². The molecule has 10 nitrogen and oxygen atoms in total. The number of phenols is 2. The van der Waals surface area contributed by atoms with Gasteiger partial charge in [-0.3, -0.25) is 15.1 Å². The first-order chi connectivity index (χ1) is 16.2. The Hall–Kier alpha value is -4.57. The Labute approximate surface area is 194 Å². The molecule has 176 valence electrons. The van der Waals surface area contributed by atoms with Crippen molar-refractivity contribution in [3.05, 3.63) is 88.5 Å². The fourth-order valence-electron chi connectivity index (χ4n) is 3.10. The van der Waals surface area contributed by atoms with Gasteiger partial charge in [-0.05, 0) is 53.9 Å². The summed E-state index contributed by atoms with van der Waals surface area (Å²) in [5, 5.41) is 39.9. The predicted molar refractivity (Wildman–Crippen MR) is 121 cm³/mol. The summed E-state index contributed by atoms with van der Waals surface area (Å²) in [5.41, 5.74) is 4.07. The lowest BCUT2D eigenvalue weighted by Gasteiger charge is -2.11. The molecule has 3 aromatic carbocycles. The number of carbonyl (C=O) groups is 3. The molecule has 0 atom stereocenters. The molecule has 0 fully saturated rings. The summed E-state index contributed by atoms with van der Waals surface area (Å²) in [6.45, 7) is 0.421. The van der Waals surface area contributed by atoms with E-state index in [9.17, 15) is 34.8 Å². The first kappa shape index (κ1) is 24.1. The fraction of sp³-hybridized carbons (Fsp3) is 0.125. The highest BCUT2D eigenvalue weighted by molar-refractivity contribution is 6.05. The maximum atomic E-state index is 12.4. The van der Waals surface area contributed by atoms with Crippen molar-refractivity contribution >= 4 is 23.5 Å². The lowest BCUT2D eigenvalue weighted by Crippen LogP contribution is -2.24. The first-order valence-electron chi connectivity index (χ1n) is 10.1. The van der Waals surface area contributed by atoms with Gasteiger partial charge in [0.2, 0.25) is 0 Å². The molecule has 0 spiro atoms. The van der Waals surface area contributed by atoms with Crippen molar-refractivity contribution in [2.24, 2.45) is 0 Å². The number of hydrogen-bond acceptors (Lipinski definition) is 7. The second-order valence-electron chi connectivity index (χ2n) is 7.27. The van der Waals surface area contributed by atoms with Gasteiger partial charge in [-0.2, -0.15) is 0 Å². The minimum atomic E-state index is -1.31. The van der Waals surface area contributed by atoms with Crippen molar-refractivity contribution < 1.29 is 39.6 Å². The van der Waals surface area contributed by atoms with Gasteiger partial charge in [-0.15, -0.1) is 0 Å². The largest absolute Gasteiger partial charge is 0.508 e. The molecule has 3 aromatic rings. The van der Waals surface area contributed by atoms with E-state index in [1.54, 1.807) is 12.1 Å². The van der Waals surface area contributed by atoms with Crippen molar-refractivity contribution in [2.75, 3.05) is 12.1 Å². The van der Waals surface area contributed by atoms with Gasteiger partial charge in [-0.1, -0.05) is 24.3 Å². The summed E-state index contributed by atoms with van der Waals surface area (Å²) < 4.78 is 0. The summed E-state index contributed by atoms with van der Waals surface area (Å²) in [5.74, 6) is -3.49. The zero-order chi connectivity index (χ0) is 24.7. The molecule has 3 rings (SSSR count). The highest BCUT2D eigenvalue weighted by atomic mass is 16.6. The predicted octanol–water partition coefficient (Wildman–Crippen LogP) is 3.01. The maximum Gasteiger partial charge on any atom is 0.338 e. The number of phenolic OH excluding ortho intramolecular Hbond substituents is 2. The van der Waals surface area contributed by atoms with Crippen LogP contribution < -0.4 is 10.8 Å². The van der Waals surface area contributed by atoms with E-state index >= 15 is 0 Å². The SMILES string of the molecule is O=C(O)c1cc(O)ccc1NOCCc1ccc(CNC(=O)c2ccc(O)cc2C(=O)O)cc1. The number of nitrogens with one attached hydrogen (secondary N) is 2. The topological polar surface area (TPSA) is 165 Å². The molecular formula is C24H22N2O8. The third-order valence-corrected chi connectivity index (χ3v) is 4.86. The molecule has 0 aromatic heterocycles. The Bertz CT molecular complexity index is 1210. The molecule has 0 aliphatic carbocycles. The summed E-state index contributed by atoms with van der Waals surface area (Å²) in [6, 6.07) is 14.7. The van der Waals surface area contributed by atoms with E-state index in [-0.39, 0.29) is 47.0 Å². The molecule has 34 heavy (non-hydrogen) atoms. The van der Waals surface area contributed by atoms with Crippen LogP contribution in [0.2, 0.25) is 0 Å². The zero-order valence-electron chi connectivity index (χ0n) is 17.8. The van der Waals surface area contributed by atoms with Crippen molar-refractivity contribution in [1.29, 1.82) is 0 Å². The number of benzene rings is 3. The van der Waals surface area contributed by atoms with E-state index in [0.717, 1.165) is 23.3 Å². The van der Waals surface area contributed by atoms with E-state index in [1.807, 2.05) is 12.1 Å². The second kappa shape index (κ2) is 10.8. The smallest absolute Gasteiger partial charge is 0.338 e. The van der Waals surface area contributed by atoms with E-state index in [4.69, 9.17) is 4.84 Å². The highest BCUT2D eigenvalue weighted by Crippen LogP contribution is 2.21. The Morgan fingerprint density at radius 1 is 0.735 bits per heavy atom. The summed E-state index contributed by atoms with van der Waals surface area (Å²) in [7, 11) is 0. The molecule has 0 saturated heterocycles. The molecule has 0 aliphatic heterocycles. The molecule has 0 saturated carbocycles. The van der Waals surface area contributed by atoms with Crippen molar-refractivity contribution in [2.45, 2.75) is 13.0 Å². The normalized spacial score (nSPS) is 10.5. The minimum Gasteiger partial charge on any atom is -0.508 e. The molecule has 0 heterocycles. The van der Waals surface area contributed by atoms with Crippen molar-refractivity contribution in [3.63, 3.8) is 0 Å². The second-order valence-corrected chi connectivity index (χ2v) is 7.27. The number of amides is 1. The minimum absolute atomic E-state index is 0.0498. The summed E-state index contributed by atoms with van der Waals surface area (Å²) in [6.07, 6.45) is 0.523. The van der Waals surface area contributed by atoms with Crippen molar-refractivity contribution in [3.8, 4) is 11.5 Å². The number of aromatic hydroxyl groups is 2. The van der Waals surface area contributed by atoms with Gasteiger partial charge < -0.3 is 25.7 Å². The fourth-order valence-corrected chi connectivity index (χ4v) is 3.10. The Balaban J connectivity index is 1.49. The molecule has 0 radical (unpaired) electrons. The van der Waals surface area contributed by atoms with Gasteiger partial charge in [0.1, 0.15) is 11.5 Å². The molecule has 1 amide bonds. The highest BCUT2D eigenvalue weighted by Gasteiger charge is 2.17. The van der Waals surface area contributed by atoms with Crippen LogP contribution in [0.25, 0.3) is 0 Å². The summed E-state index contributed by atoms with van der Waals surface area (Å²) >= 11 is 0. The van der Waals surface area contributed by atoms with Gasteiger partial charge in [0.15, 0.2) is 0 Å². The number of aromatic carboxylic acids is 2. The van der Waals surface area contributed by atoms with Crippen LogP contribution in [0.4, 0.5) is 5.69 Å². The van der Waals surface area contributed by atoms with Crippen LogP contribution in [0, 0.1) is 0 Å². The zero-order valence-corrected chi connectivity index (χ0v) is 17.8. The van der Waals surface area contributed by atoms with Gasteiger partial charge in [0.25, 0.3) is 5.91 Å². The van der Waals surface area contributed by atoms with Crippen molar-refractivity contribution in [1.82, 2.24) is 5.32 Å². The van der Waals surface area contributed by atoms with Gasteiger partial charge in [-0.25, -0.2) is 9.59 Å². The van der Waals surface area contributed by atoms with E-state index in [0.29, 0.717) is 6.42 Å². The van der Waals surface area contributed by atoms with E-state index in [2.05, 4.69) is 10.8 Å². The van der Waals surface area contributed by atoms with Crippen LogP contribution in [0.1, 0.15) is 42.2 Å². The number of carbonyl (C=O) groups excluding carboxylic acids is 1. The Kier molecular flexibility index (Phi) is 7.67. The Morgan fingerprint density at radius 2 is 1.32 bits per heavy atom. The maximum absolute atomic E-state index is 12.4. The van der Waals surface area contributed by atoms with Crippen LogP contribution in [-0.2, 0) is 17.8 Å². The molecule has 0 aliphatic rings. The number of anilines is 1. The lowest BCUT2D eigenvalue weighted by atomic mass is 10.1. The number of carboxylic acids is 2. The van der Waals surface area contributed by atoms with E-state index in [1.165, 1.54) is 24.3 Å². The third-order valence-electron chi connectivity index (χ3n) is 4.86. The molecule has 6 N–H and O–H groups in total. The number of rotatable bonds is 10. The quantitative estimate of drug-likeness (QED) is 0.150. The standard InChI is InChI=1S/C24H22N2O8/c27-16-5-7-18(19(11-16)23(30)31)22(29)25-13-15-3-1-14(2-4-15)9-10-34-26-21-8-6-17(28)12-20(21)24(32)33/h1-8,11-12,26-28H,9-10,13H2,(H,25,29)(H,30,31)(H,32,33). The van der Waals surface area contributed by atoms with Gasteiger partial charge in [0.05, 0.1) is 29.0 Å². The van der Waals surface area contributed by atoms with Gasteiger partial charge in [0, 0.05) is 6.54 Å². The molecule has 0 bridgehead atoms. The number of carboxylic acid groups (broad SMARTS) is 2. The van der Waals surface area contributed by atoms with Crippen LogP contribution >= 0.6 is 0 Å². The van der Waals surface area contributed by atoms with Gasteiger partial charge >= 0.3 is 11.9 Å². The molecular weight excluding hydrogens is 444 g/mol. The lowest BCUT2D eigenvalue weighted by molar-refractivity contribution is 0.0683.